The van der Waals surface area contributed by atoms with E-state index in [1.165, 1.54) is 44.9 Å². The van der Waals surface area contributed by atoms with Gasteiger partial charge in [0.2, 0.25) is 0 Å². The van der Waals surface area contributed by atoms with Crippen molar-refractivity contribution >= 4 is 17.9 Å². The van der Waals surface area contributed by atoms with Gasteiger partial charge < -0.3 is 33.3 Å². The molecule has 0 aliphatic heterocycles. The minimum Gasteiger partial charge on any atom is -0.545 e. The van der Waals surface area contributed by atoms with Gasteiger partial charge in [-0.15, -0.1) is 0 Å². The summed E-state index contributed by atoms with van der Waals surface area (Å²) < 4.78 is 22.4. The number of rotatable bonds is 39. The number of carbonyl (C=O) groups is 3. The molecule has 0 radical (unpaired) electrons. The van der Waals surface area contributed by atoms with Crippen LogP contribution in [0.5, 0.6) is 0 Å². The van der Waals surface area contributed by atoms with E-state index in [-0.39, 0.29) is 38.6 Å². The monoisotopic (exact) mass is 800 g/mol. The van der Waals surface area contributed by atoms with E-state index >= 15 is 0 Å². The van der Waals surface area contributed by atoms with E-state index in [9.17, 15) is 19.5 Å². The molecule has 0 rings (SSSR count). The Kier molecular flexibility index (Phi) is 37.3. The number of allylic oxidation sites excluding steroid dienone is 12. The number of esters is 2. The molecule has 0 N–H and O–H groups in total. The van der Waals surface area contributed by atoms with Crippen LogP contribution in [0.15, 0.2) is 72.9 Å². The Balaban J connectivity index is 4.58. The van der Waals surface area contributed by atoms with Crippen LogP contribution in [0.2, 0.25) is 0 Å². The highest BCUT2D eigenvalue weighted by molar-refractivity contribution is 5.70. The lowest BCUT2D eigenvalue weighted by Crippen LogP contribution is -2.44. The van der Waals surface area contributed by atoms with Gasteiger partial charge in [0, 0.05) is 12.8 Å². The number of carboxylic acid groups (broad SMARTS) is 1. The molecule has 0 aliphatic carbocycles. The third-order valence-corrected chi connectivity index (χ3v) is 8.94. The first-order valence-electron chi connectivity index (χ1n) is 22.1. The van der Waals surface area contributed by atoms with Gasteiger partial charge in [-0.3, -0.25) is 9.59 Å². The van der Waals surface area contributed by atoms with E-state index in [1.54, 1.807) is 0 Å². The van der Waals surface area contributed by atoms with Crippen LogP contribution in [0, 0.1) is 0 Å². The van der Waals surface area contributed by atoms with Gasteiger partial charge >= 0.3 is 11.9 Å². The van der Waals surface area contributed by atoms with Gasteiger partial charge in [0.05, 0.1) is 40.3 Å². The van der Waals surface area contributed by atoms with Crippen molar-refractivity contribution in [1.82, 2.24) is 0 Å². The van der Waals surface area contributed by atoms with Crippen molar-refractivity contribution in [2.45, 2.75) is 167 Å². The molecule has 0 aromatic carbocycles. The molecule has 9 nitrogen and oxygen atoms in total. The Morgan fingerprint density at radius 2 is 1.02 bits per heavy atom. The van der Waals surface area contributed by atoms with Crippen molar-refractivity contribution in [2.75, 3.05) is 47.5 Å². The van der Waals surface area contributed by atoms with Crippen LogP contribution < -0.4 is 5.11 Å². The van der Waals surface area contributed by atoms with Crippen LogP contribution in [0.25, 0.3) is 0 Å². The minimum absolute atomic E-state index is 0.132. The second-order valence-electron chi connectivity index (χ2n) is 15.6. The molecular weight excluding hydrogens is 719 g/mol. The standard InChI is InChI=1S/C48H81NO8/c1-6-8-10-12-14-16-18-20-22-23-25-27-29-31-33-35-37-39-46(51)57-44(43-56-48(47(52)53)54-41-40-49(3,4)5)42-55-45(50)38-36-34-32-30-28-26-24-21-19-17-15-13-11-9-7-2/h8,10,14,16,20-22,24-25,27,31,33,44,48H,6-7,9,11-13,15,17-19,23,26,28-30,32,34-43H2,1-5H3/b10-8-,16-14-,22-20-,24-21-,27-25-,33-31-. The van der Waals surface area contributed by atoms with E-state index in [4.69, 9.17) is 18.9 Å². The molecule has 9 heteroatoms. The van der Waals surface area contributed by atoms with Crippen LogP contribution in [-0.2, 0) is 33.3 Å². The van der Waals surface area contributed by atoms with Gasteiger partial charge in [0.1, 0.15) is 13.2 Å². The zero-order valence-corrected chi connectivity index (χ0v) is 36.7. The first-order valence-corrected chi connectivity index (χ1v) is 22.1. The maximum atomic E-state index is 12.7. The van der Waals surface area contributed by atoms with Gasteiger partial charge in [0.15, 0.2) is 12.4 Å². The largest absolute Gasteiger partial charge is 0.545 e. The Morgan fingerprint density at radius 3 is 1.56 bits per heavy atom. The Morgan fingerprint density at radius 1 is 0.544 bits per heavy atom. The van der Waals surface area contributed by atoms with E-state index in [0.717, 1.165) is 70.6 Å². The number of carbonyl (C=O) groups excluding carboxylic acids is 3. The first-order chi connectivity index (χ1) is 27.6. The fraction of sp³-hybridized carbons (Fsp3) is 0.688. The smallest absolute Gasteiger partial charge is 0.306 e. The number of hydrogen-bond donors (Lipinski definition) is 0. The van der Waals surface area contributed by atoms with E-state index in [1.807, 2.05) is 27.2 Å². The number of quaternary nitrogens is 1. The quantitative estimate of drug-likeness (QED) is 0.0199. The Labute approximate surface area is 347 Å². The zero-order valence-electron chi connectivity index (χ0n) is 36.7. The molecule has 57 heavy (non-hydrogen) atoms. The number of nitrogens with zero attached hydrogens (tertiary/aromatic N) is 1. The molecule has 0 aromatic rings. The number of carboxylic acids is 1. The van der Waals surface area contributed by atoms with Gasteiger partial charge in [-0.2, -0.15) is 0 Å². The molecule has 2 unspecified atom stereocenters. The Bertz CT molecular complexity index is 1160. The van der Waals surface area contributed by atoms with Gasteiger partial charge in [-0.25, -0.2) is 0 Å². The van der Waals surface area contributed by atoms with Crippen LogP contribution in [0.1, 0.15) is 155 Å². The molecule has 0 bridgehead atoms. The molecule has 0 spiro atoms. The average molecular weight is 800 g/mol. The van der Waals surface area contributed by atoms with Gasteiger partial charge in [-0.05, 0) is 77.0 Å². The number of likely N-dealkylation sites (N-methyl/N-ethyl adjacent to an activating group) is 1. The summed E-state index contributed by atoms with van der Waals surface area (Å²) >= 11 is 0. The van der Waals surface area contributed by atoms with Crippen LogP contribution >= 0.6 is 0 Å². The van der Waals surface area contributed by atoms with E-state index < -0.39 is 24.3 Å². The summed E-state index contributed by atoms with van der Waals surface area (Å²) in [6, 6.07) is 0. The molecular formula is C48H81NO8. The lowest BCUT2D eigenvalue weighted by Gasteiger charge is -2.26. The van der Waals surface area contributed by atoms with E-state index in [2.05, 4.69) is 80.7 Å². The Hall–Kier alpha value is -3.27. The first kappa shape index (κ1) is 53.7. The molecule has 0 aliphatic rings. The molecule has 0 aromatic heterocycles. The minimum atomic E-state index is -1.64. The summed E-state index contributed by atoms with van der Waals surface area (Å²) in [6.07, 6.45) is 45.1. The van der Waals surface area contributed by atoms with Crippen molar-refractivity contribution in [3.8, 4) is 0 Å². The van der Waals surface area contributed by atoms with Crippen LogP contribution in [0.3, 0.4) is 0 Å². The maximum absolute atomic E-state index is 12.7. The van der Waals surface area contributed by atoms with Crippen LogP contribution in [0.4, 0.5) is 0 Å². The second-order valence-corrected chi connectivity index (χ2v) is 15.6. The van der Waals surface area contributed by atoms with Crippen molar-refractivity contribution in [1.29, 1.82) is 0 Å². The van der Waals surface area contributed by atoms with Gasteiger partial charge in [-0.1, -0.05) is 138 Å². The number of ether oxygens (including phenoxy) is 4. The predicted molar refractivity (Wildman–Crippen MR) is 232 cm³/mol. The highest BCUT2D eigenvalue weighted by Crippen LogP contribution is 2.12. The third-order valence-electron chi connectivity index (χ3n) is 8.94. The summed E-state index contributed by atoms with van der Waals surface area (Å²) in [5.74, 6) is -2.39. The van der Waals surface area contributed by atoms with E-state index in [0.29, 0.717) is 23.9 Å². The SMILES string of the molecule is CC/C=C\C/C=C\C/C=C\C/C=C\C/C=C\CCCC(=O)OC(COC(=O)CCCCCCC/C=C\CCCCCCCC)COC(OCC[N+](C)(C)C)C(=O)[O-]. The van der Waals surface area contributed by atoms with Crippen molar-refractivity contribution in [3.63, 3.8) is 0 Å². The third kappa shape index (κ3) is 40.7. The molecule has 0 amide bonds. The zero-order chi connectivity index (χ0) is 42.1. The highest BCUT2D eigenvalue weighted by atomic mass is 16.7. The second kappa shape index (κ2) is 39.6. The molecule has 326 valence electrons. The van der Waals surface area contributed by atoms with Crippen molar-refractivity contribution in [3.05, 3.63) is 72.9 Å². The normalized spacial score (nSPS) is 13.6. The molecule has 0 saturated heterocycles. The maximum Gasteiger partial charge on any atom is 0.306 e. The summed E-state index contributed by atoms with van der Waals surface area (Å²) in [4.78, 5) is 36.9. The highest BCUT2D eigenvalue weighted by Gasteiger charge is 2.21. The van der Waals surface area contributed by atoms with Crippen molar-refractivity contribution in [2.24, 2.45) is 0 Å². The summed E-state index contributed by atoms with van der Waals surface area (Å²) in [5, 5.41) is 11.7. The van der Waals surface area contributed by atoms with Gasteiger partial charge in [0.25, 0.3) is 0 Å². The molecule has 0 fully saturated rings. The molecule has 0 heterocycles. The number of aliphatic carboxylic acids is 1. The predicted octanol–water partition coefficient (Wildman–Crippen LogP) is 10.2. The summed E-state index contributed by atoms with van der Waals surface area (Å²) in [5.41, 5.74) is 0. The number of unbranched alkanes of at least 4 members (excludes halogenated alkanes) is 12. The molecule has 0 saturated carbocycles. The lowest BCUT2D eigenvalue weighted by atomic mass is 10.1. The number of hydrogen-bond acceptors (Lipinski definition) is 8. The van der Waals surface area contributed by atoms with Crippen molar-refractivity contribution < 1.29 is 42.9 Å². The fourth-order valence-electron chi connectivity index (χ4n) is 5.50. The summed E-state index contributed by atoms with van der Waals surface area (Å²) in [6.45, 7) is 4.52. The lowest BCUT2D eigenvalue weighted by molar-refractivity contribution is -0.870. The summed E-state index contributed by atoms with van der Waals surface area (Å²) in [7, 11) is 5.88. The topological polar surface area (TPSA) is 111 Å². The fourth-order valence-corrected chi connectivity index (χ4v) is 5.50. The van der Waals surface area contributed by atoms with Crippen LogP contribution in [-0.4, -0.2) is 82.3 Å². The molecule has 2 atom stereocenters. The average Bonchev–Trinajstić information content (AvgIpc) is 3.17.